The van der Waals surface area contributed by atoms with E-state index in [1.807, 2.05) is 6.07 Å². The molecule has 3 rings (SSSR count). The second kappa shape index (κ2) is 6.93. The molecular weight excluding hydrogens is 336 g/mol. The normalized spacial score (nSPS) is 13.0. The molecule has 1 aliphatic rings. The lowest BCUT2D eigenvalue weighted by molar-refractivity contribution is -0.118. The molecule has 0 saturated carbocycles. The fourth-order valence-electron chi connectivity index (χ4n) is 2.06. The number of ether oxygens (including phenoxy) is 1. The highest BCUT2D eigenvalue weighted by Crippen LogP contribution is 2.33. The van der Waals surface area contributed by atoms with E-state index in [1.165, 1.54) is 11.8 Å². The number of hydrogen-bond acceptors (Lipinski definition) is 4. The zero-order valence-corrected chi connectivity index (χ0v) is 13.5. The Morgan fingerprint density at radius 3 is 2.96 bits per heavy atom. The summed E-state index contributed by atoms with van der Waals surface area (Å²) in [7, 11) is 0. The van der Waals surface area contributed by atoms with Crippen molar-refractivity contribution in [3.63, 3.8) is 0 Å². The van der Waals surface area contributed by atoms with Crippen molar-refractivity contribution in [3.8, 4) is 5.75 Å². The number of para-hydroxylation sites is 1. The Kier molecular flexibility index (Phi) is 4.73. The number of fused-ring (bicyclic) bond motifs is 1. The number of carbonyl (C=O) groups excluding carboxylic acids is 2. The van der Waals surface area contributed by atoms with Crippen LogP contribution >= 0.6 is 23.4 Å². The Morgan fingerprint density at radius 1 is 1.30 bits per heavy atom. The van der Waals surface area contributed by atoms with Crippen molar-refractivity contribution in [1.29, 1.82) is 0 Å². The van der Waals surface area contributed by atoms with Crippen LogP contribution < -0.4 is 15.4 Å². The van der Waals surface area contributed by atoms with Crippen molar-refractivity contribution in [2.45, 2.75) is 4.90 Å². The molecular formula is C16H13ClN2O3S. The van der Waals surface area contributed by atoms with Crippen LogP contribution in [0.2, 0.25) is 5.02 Å². The minimum atomic E-state index is -0.306. The first-order valence-electron chi connectivity index (χ1n) is 6.86. The van der Waals surface area contributed by atoms with Crippen LogP contribution in [0.1, 0.15) is 0 Å². The Hall–Kier alpha value is -2.18. The van der Waals surface area contributed by atoms with Gasteiger partial charge in [0.15, 0.2) is 6.61 Å². The van der Waals surface area contributed by atoms with E-state index in [0.717, 1.165) is 4.90 Å². The van der Waals surface area contributed by atoms with Gasteiger partial charge in [0.25, 0.3) is 5.91 Å². The van der Waals surface area contributed by atoms with Crippen LogP contribution in [-0.4, -0.2) is 24.2 Å². The third kappa shape index (κ3) is 3.97. The van der Waals surface area contributed by atoms with Crippen LogP contribution in [0.25, 0.3) is 0 Å². The maximum absolute atomic E-state index is 12.0. The van der Waals surface area contributed by atoms with E-state index in [0.29, 0.717) is 27.9 Å². The van der Waals surface area contributed by atoms with Gasteiger partial charge in [0, 0.05) is 10.6 Å². The van der Waals surface area contributed by atoms with Gasteiger partial charge >= 0.3 is 0 Å². The summed E-state index contributed by atoms with van der Waals surface area (Å²) in [6.07, 6.45) is 0. The maximum atomic E-state index is 12.0. The van der Waals surface area contributed by atoms with Gasteiger partial charge in [-0.3, -0.25) is 9.59 Å². The second-order valence-corrected chi connectivity index (χ2v) is 6.24. The summed E-state index contributed by atoms with van der Waals surface area (Å²) >= 11 is 7.43. The van der Waals surface area contributed by atoms with E-state index in [9.17, 15) is 9.59 Å². The van der Waals surface area contributed by atoms with Crippen molar-refractivity contribution in [1.82, 2.24) is 0 Å². The summed E-state index contributed by atoms with van der Waals surface area (Å²) in [6.45, 7) is -0.151. The first-order chi connectivity index (χ1) is 11.1. The summed E-state index contributed by atoms with van der Waals surface area (Å²) in [5.74, 6) is 0.510. The third-order valence-corrected chi connectivity index (χ3v) is 4.48. The summed E-state index contributed by atoms with van der Waals surface area (Å²) in [5, 5.41) is 5.96. The zero-order valence-electron chi connectivity index (χ0n) is 12.0. The predicted octanol–water partition coefficient (Wildman–Crippen LogP) is 3.40. The summed E-state index contributed by atoms with van der Waals surface area (Å²) in [5.41, 5.74) is 1.30. The highest BCUT2D eigenvalue weighted by atomic mass is 35.5. The van der Waals surface area contributed by atoms with E-state index in [-0.39, 0.29) is 18.4 Å². The number of halogens is 1. The van der Waals surface area contributed by atoms with Gasteiger partial charge in [-0.15, -0.1) is 11.8 Å². The lowest BCUT2D eigenvalue weighted by Crippen LogP contribution is -2.21. The number of rotatable bonds is 4. The van der Waals surface area contributed by atoms with E-state index in [1.54, 1.807) is 36.4 Å². The molecule has 0 fully saturated rings. The third-order valence-electron chi connectivity index (χ3n) is 3.09. The molecule has 7 heteroatoms. The average Bonchev–Trinajstić information content (AvgIpc) is 2.54. The quantitative estimate of drug-likeness (QED) is 0.888. The minimum absolute atomic E-state index is 0.0481. The largest absolute Gasteiger partial charge is 0.482 e. The van der Waals surface area contributed by atoms with Crippen molar-refractivity contribution in [2.75, 3.05) is 23.0 Å². The molecule has 2 aromatic rings. The molecule has 0 aliphatic carbocycles. The van der Waals surface area contributed by atoms with Crippen molar-refractivity contribution in [3.05, 3.63) is 47.5 Å². The van der Waals surface area contributed by atoms with Gasteiger partial charge in [-0.2, -0.15) is 0 Å². The van der Waals surface area contributed by atoms with Crippen LogP contribution in [0.5, 0.6) is 5.75 Å². The molecule has 2 N–H and O–H groups in total. The molecule has 1 aliphatic heterocycles. The van der Waals surface area contributed by atoms with Gasteiger partial charge in [0.05, 0.1) is 16.5 Å². The van der Waals surface area contributed by atoms with E-state index in [2.05, 4.69) is 10.6 Å². The molecule has 2 amide bonds. The molecule has 0 spiro atoms. The maximum Gasteiger partial charge on any atom is 0.262 e. The van der Waals surface area contributed by atoms with Crippen LogP contribution in [-0.2, 0) is 9.59 Å². The van der Waals surface area contributed by atoms with Gasteiger partial charge in [-0.25, -0.2) is 0 Å². The monoisotopic (exact) mass is 348 g/mol. The van der Waals surface area contributed by atoms with Gasteiger partial charge in [-0.05, 0) is 30.3 Å². The Balaban J connectivity index is 1.61. The topological polar surface area (TPSA) is 67.4 Å². The van der Waals surface area contributed by atoms with Gasteiger partial charge in [-0.1, -0.05) is 23.7 Å². The summed E-state index contributed by atoms with van der Waals surface area (Å²) in [4.78, 5) is 24.3. The Bertz CT molecular complexity index is 767. The molecule has 0 aromatic heterocycles. The fraction of sp³-hybridized carbons (Fsp3) is 0.125. The number of anilines is 2. The van der Waals surface area contributed by atoms with Crippen LogP contribution in [0.15, 0.2) is 47.4 Å². The van der Waals surface area contributed by atoms with Gasteiger partial charge in [0.2, 0.25) is 5.91 Å². The average molecular weight is 349 g/mol. The Labute approximate surface area is 142 Å². The number of hydrogen-bond donors (Lipinski definition) is 2. The lowest BCUT2D eigenvalue weighted by Gasteiger charge is -2.17. The number of benzene rings is 2. The highest BCUT2D eigenvalue weighted by molar-refractivity contribution is 8.00. The molecule has 0 radical (unpaired) electrons. The second-order valence-electron chi connectivity index (χ2n) is 4.82. The zero-order chi connectivity index (χ0) is 16.2. The lowest BCUT2D eigenvalue weighted by atomic mass is 10.2. The molecule has 2 aromatic carbocycles. The first-order valence-corrected chi connectivity index (χ1v) is 8.22. The highest BCUT2D eigenvalue weighted by Gasteiger charge is 2.16. The van der Waals surface area contributed by atoms with E-state index < -0.39 is 0 Å². The van der Waals surface area contributed by atoms with Crippen molar-refractivity contribution in [2.24, 2.45) is 0 Å². The van der Waals surface area contributed by atoms with E-state index >= 15 is 0 Å². The summed E-state index contributed by atoms with van der Waals surface area (Å²) in [6, 6.07) is 12.3. The molecule has 5 nitrogen and oxygen atoms in total. The number of carbonyl (C=O) groups is 2. The standard InChI is InChI=1S/C16H13ClN2O3S/c17-11-3-1-2-4-13(11)22-8-15(20)18-10-5-6-14-12(7-10)19-16(21)9-23-14/h1-7H,8-9H2,(H,18,20)(H,19,21). The van der Waals surface area contributed by atoms with Crippen molar-refractivity contribution < 1.29 is 14.3 Å². The van der Waals surface area contributed by atoms with Crippen LogP contribution in [0.3, 0.4) is 0 Å². The number of thioether (sulfide) groups is 1. The van der Waals surface area contributed by atoms with Crippen LogP contribution in [0.4, 0.5) is 11.4 Å². The van der Waals surface area contributed by atoms with Gasteiger partial charge < -0.3 is 15.4 Å². The van der Waals surface area contributed by atoms with Gasteiger partial charge in [0.1, 0.15) is 5.75 Å². The molecule has 0 unspecified atom stereocenters. The van der Waals surface area contributed by atoms with Crippen LogP contribution in [0, 0.1) is 0 Å². The minimum Gasteiger partial charge on any atom is -0.482 e. The number of nitrogens with one attached hydrogen (secondary N) is 2. The SMILES string of the molecule is O=C(COc1ccccc1Cl)Nc1ccc2c(c1)NC(=O)CS2. The van der Waals surface area contributed by atoms with E-state index in [4.69, 9.17) is 16.3 Å². The number of amides is 2. The smallest absolute Gasteiger partial charge is 0.262 e. The predicted molar refractivity (Wildman–Crippen MR) is 91.4 cm³/mol. The molecule has 118 valence electrons. The van der Waals surface area contributed by atoms with Crippen molar-refractivity contribution >= 4 is 46.6 Å². The molecule has 0 saturated heterocycles. The molecule has 0 bridgehead atoms. The first kappa shape index (κ1) is 15.7. The molecule has 0 atom stereocenters. The molecule has 23 heavy (non-hydrogen) atoms. The summed E-state index contributed by atoms with van der Waals surface area (Å²) < 4.78 is 5.38. The molecule has 1 heterocycles. The fourth-order valence-corrected chi connectivity index (χ4v) is 3.04. The Morgan fingerprint density at radius 2 is 2.13 bits per heavy atom.